The molecule has 1 saturated heterocycles. The molecule has 0 aromatic heterocycles. The van der Waals surface area contributed by atoms with E-state index in [0.717, 1.165) is 6.42 Å². The first-order chi connectivity index (χ1) is 10.9. The summed E-state index contributed by atoms with van der Waals surface area (Å²) in [5.74, 6) is -0.431. The molecule has 1 aromatic carbocycles. The number of carbonyl (C=O) groups is 1. The van der Waals surface area contributed by atoms with Crippen molar-refractivity contribution in [3.8, 4) is 0 Å². The molecule has 0 saturated carbocycles. The average molecular weight is 311 g/mol. The van der Waals surface area contributed by atoms with E-state index in [1.807, 2.05) is 0 Å². The van der Waals surface area contributed by atoms with Crippen molar-refractivity contribution in [2.24, 2.45) is 5.92 Å². The Morgan fingerprint density at radius 2 is 2.09 bits per heavy atom. The standard InChI is InChI=1S/C20H25NO2/c1-14(2)16-5-4-6-18(11-16)20(9-7-15(3)8-10-20)21-12-17(13-21)19(22)23/h4-9,11,14,17H,10,12-13H2,1-3H3,(H,22,23). The minimum Gasteiger partial charge on any atom is -0.481 e. The van der Waals surface area contributed by atoms with Gasteiger partial charge in [0.05, 0.1) is 11.5 Å². The fourth-order valence-corrected chi connectivity index (χ4v) is 3.48. The van der Waals surface area contributed by atoms with Gasteiger partial charge in [-0.15, -0.1) is 0 Å². The molecule has 0 amide bonds. The molecule has 2 aliphatic rings. The van der Waals surface area contributed by atoms with Gasteiger partial charge in [-0.3, -0.25) is 9.69 Å². The number of hydrogen-bond donors (Lipinski definition) is 1. The molecule has 1 atom stereocenters. The van der Waals surface area contributed by atoms with Crippen LogP contribution in [0.25, 0.3) is 0 Å². The van der Waals surface area contributed by atoms with Crippen LogP contribution in [0.3, 0.4) is 0 Å². The monoisotopic (exact) mass is 311 g/mol. The van der Waals surface area contributed by atoms with Crippen molar-refractivity contribution in [1.82, 2.24) is 4.90 Å². The Bertz CT molecular complexity index is 668. The second kappa shape index (κ2) is 5.97. The molecule has 1 N–H and O–H groups in total. The third-order valence-electron chi connectivity index (χ3n) is 5.21. The molecule has 1 unspecified atom stereocenters. The second-order valence-electron chi connectivity index (χ2n) is 7.13. The van der Waals surface area contributed by atoms with E-state index in [-0.39, 0.29) is 11.5 Å². The third kappa shape index (κ3) is 2.86. The predicted molar refractivity (Wildman–Crippen MR) is 92.4 cm³/mol. The Kier molecular flexibility index (Phi) is 4.15. The summed E-state index contributed by atoms with van der Waals surface area (Å²) in [5.41, 5.74) is 3.68. The molecular weight excluding hydrogens is 286 g/mol. The van der Waals surface area contributed by atoms with Crippen LogP contribution in [0, 0.1) is 5.92 Å². The van der Waals surface area contributed by atoms with Gasteiger partial charge in [-0.2, -0.15) is 0 Å². The van der Waals surface area contributed by atoms with Crippen molar-refractivity contribution in [2.75, 3.05) is 13.1 Å². The molecule has 1 fully saturated rings. The van der Waals surface area contributed by atoms with Crippen LogP contribution in [0.5, 0.6) is 0 Å². The number of hydrogen-bond acceptors (Lipinski definition) is 2. The highest BCUT2D eigenvalue weighted by Crippen LogP contribution is 2.42. The summed E-state index contributed by atoms with van der Waals surface area (Å²) in [6.07, 6.45) is 7.60. The number of aliphatic carboxylic acids is 1. The Morgan fingerprint density at radius 3 is 2.65 bits per heavy atom. The molecule has 23 heavy (non-hydrogen) atoms. The van der Waals surface area contributed by atoms with Crippen LogP contribution >= 0.6 is 0 Å². The van der Waals surface area contributed by atoms with E-state index in [1.165, 1.54) is 16.7 Å². The quantitative estimate of drug-likeness (QED) is 0.916. The van der Waals surface area contributed by atoms with E-state index < -0.39 is 5.97 Å². The number of likely N-dealkylation sites (tertiary alicyclic amines) is 1. The predicted octanol–water partition coefficient (Wildman–Crippen LogP) is 3.93. The van der Waals surface area contributed by atoms with Gasteiger partial charge in [0.2, 0.25) is 0 Å². The van der Waals surface area contributed by atoms with Crippen LogP contribution in [0.15, 0.2) is 48.1 Å². The third-order valence-corrected chi connectivity index (χ3v) is 5.21. The highest BCUT2D eigenvalue weighted by Gasteiger charge is 2.45. The average Bonchev–Trinajstić information content (AvgIpc) is 2.47. The van der Waals surface area contributed by atoms with Gasteiger partial charge in [0.15, 0.2) is 0 Å². The molecule has 3 nitrogen and oxygen atoms in total. The Morgan fingerprint density at radius 1 is 1.35 bits per heavy atom. The lowest BCUT2D eigenvalue weighted by molar-refractivity contribution is -0.150. The zero-order valence-corrected chi connectivity index (χ0v) is 14.1. The van der Waals surface area contributed by atoms with E-state index >= 15 is 0 Å². The van der Waals surface area contributed by atoms with Gasteiger partial charge in [-0.05, 0) is 30.4 Å². The van der Waals surface area contributed by atoms with E-state index in [4.69, 9.17) is 0 Å². The van der Waals surface area contributed by atoms with Crippen molar-refractivity contribution in [3.05, 3.63) is 59.2 Å². The number of benzene rings is 1. The van der Waals surface area contributed by atoms with Crippen LogP contribution in [-0.4, -0.2) is 29.1 Å². The molecule has 0 spiro atoms. The SMILES string of the molecule is CC1=CCC(c2cccc(C(C)C)c2)(N2CC(C(=O)O)C2)C=C1. The van der Waals surface area contributed by atoms with Gasteiger partial charge >= 0.3 is 5.97 Å². The lowest BCUT2D eigenvalue weighted by Crippen LogP contribution is -2.59. The molecule has 3 rings (SSSR count). The van der Waals surface area contributed by atoms with Crippen LogP contribution in [0.1, 0.15) is 44.2 Å². The summed E-state index contributed by atoms with van der Waals surface area (Å²) in [5, 5.41) is 9.21. The zero-order valence-electron chi connectivity index (χ0n) is 14.1. The summed E-state index contributed by atoms with van der Waals surface area (Å²) in [7, 11) is 0. The molecule has 1 aromatic rings. The molecule has 1 aliphatic carbocycles. The van der Waals surface area contributed by atoms with Crippen molar-refractivity contribution in [1.29, 1.82) is 0 Å². The highest BCUT2D eigenvalue weighted by atomic mass is 16.4. The van der Waals surface area contributed by atoms with Crippen molar-refractivity contribution >= 4 is 5.97 Å². The fourth-order valence-electron chi connectivity index (χ4n) is 3.48. The molecule has 1 aliphatic heterocycles. The summed E-state index contributed by atoms with van der Waals surface area (Å²) in [6.45, 7) is 7.77. The lowest BCUT2D eigenvalue weighted by Gasteiger charge is -2.51. The molecular formula is C20H25NO2. The fraction of sp³-hybridized carbons (Fsp3) is 0.450. The maximum absolute atomic E-state index is 11.2. The van der Waals surface area contributed by atoms with Crippen LogP contribution in [-0.2, 0) is 10.3 Å². The van der Waals surface area contributed by atoms with Crippen molar-refractivity contribution < 1.29 is 9.90 Å². The Balaban J connectivity index is 1.96. The van der Waals surface area contributed by atoms with E-state index in [1.54, 1.807) is 0 Å². The topological polar surface area (TPSA) is 40.5 Å². The first kappa shape index (κ1) is 16.0. The van der Waals surface area contributed by atoms with Gasteiger partial charge in [0.25, 0.3) is 0 Å². The van der Waals surface area contributed by atoms with Gasteiger partial charge in [0.1, 0.15) is 0 Å². The number of allylic oxidation sites excluding steroid dienone is 2. The minimum absolute atomic E-state index is 0.198. The second-order valence-corrected chi connectivity index (χ2v) is 7.13. The molecule has 0 radical (unpaired) electrons. The smallest absolute Gasteiger partial charge is 0.309 e. The molecule has 1 heterocycles. The van der Waals surface area contributed by atoms with Crippen molar-refractivity contribution in [2.45, 2.75) is 38.6 Å². The Labute approximate surface area is 138 Å². The van der Waals surface area contributed by atoms with Crippen LogP contribution in [0.4, 0.5) is 0 Å². The van der Waals surface area contributed by atoms with E-state index in [0.29, 0.717) is 19.0 Å². The summed E-state index contributed by atoms with van der Waals surface area (Å²) in [6, 6.07) is 8.77. The van der Waals surface area contributed by atoms with Crippen molar-refractivity contribution in [3.63, 3.8) is 0 Å². The largest absolute Gasteiger partial charge is 0.481 e. The van der Waals surface area contributed by atoms with Gasteiger partial charge in [-0.25, -0.2) is 0 Å². The molecule has 3 heteroatoms. The van der Waals surface area contributed by atoms with Crippen LogP contribution < -0.4 is 0 Å². The number of rotatable bonds is 4. The summed E-state index contributed by atoms with van der Waals surface area (Å²) < 4.78 is 0. The minimum atomic E-state index is -0.682. The maximum Gasteiger partial charge on any atom is 0.309 e. The van der Waals surface area contributed by atoms with Gasteiger partial charge in [0, 0.05) is 13.1 Å². The van der Waals surface area contributed by atoms with Gasteiger partial charge < -0.3 is 5.11 Å². The number of nitrogens with zero attached hydrogens (tertiary/aromatic N) is 1. The Hall–Kier alpha value is -1.87. The van der Waals surface area contributed by atoms with Gasteiger partial charge in [-0.1, -0.05) is 61.9 Å². The summed E-state index contributed by atoms with van der Waals surface area (Å²) in [4.78, 5) is 13.5. The normalized spacial score (nSPS) is 25.3. The zero-order chi connectivity index (χ0) is 16.6. The molecule has 122 valence electrons. The summed E-state index contributed by atoms with van der Waals surface area (Å²) >= 11 is 0. The first-order valence-electron chi connectivity index (χ1n) is 8.36. The first-order valence-corrected chi connectivity index (χ1v) is 8.36. The molecule has 0 bridgehead atoms. The van der Waals surface area contributed by atoms with E-state index in [9.17, 15) is 9.90 Å². The maximum atomic E-state index is 11.2. The number of carboxylic acid groups (broad SMARTS) is 1. The highest BCUT2D eigenvalue weighted by molar-refractivity contribution is 5.71. The number of carboxylic acids is 1. The van der Waals surface area contributed by atoms with E-state index in [2.05, 4.69) is 68.2 Å². The lowest BCUT2D eigenvalue weighted by atomic mass is 9.76. The van der Waals surface area contributed by atoms with Crippen LogP contribution in [0.2, 0.25) is 0 Å².